The van der Waals surface area contributed by atoms with Gasteiger partial charge in [0.2, 0.25) is 5.91 Å². The minimum absolute atomic E-state index is 0. The second-order valence-corrected chi connectivity index (χ2v) is 13.3. The SMILES string of the molecule is CC1(C)SCN[C@@H]1C(=O)N[C@H](CCC1CCCCC1)C(=S)NC1CCN(Cc2ccccc2)CC1.Cl. The summed E-state index contributed by atoms with van der Waals surface area (Å²) in [6, 6.07) is 10.9. The van der Waals surface area contributed by atoms with Crippen LogP contribution >= 0.6 is 36.4 Å². The summed E-state index contributed by atoms with van der Waals surface area (Å²) in [5.41, 5.74) is 1.38. The summed E-state index contributed by atoms with van der Waals surface area (Å²) < 4.78 is -0.0986. The first-order valence-electron chi connectivity index (χ1n) is 13.6. The van der Waals surface area contributed by atoms with Crippen LogP contribution in [0.15, 0.2) is 30.3 Å². The van der Waals surface area contributed by atoms with Gasteiger partial charge in [0.05, 0.1) is 11.0 Å². The molecule has 2 atom stereocenters. The highest BCUT2D eigenvalue weighted by Gasteiger charge is 2.41. The number of likely N-dealkylation sites (tertiary alicyclic amines) is 1. The molecule has 3 aliphatic rings. The molecule has 202 valence electrons. The highest BCUT2D eigenvalue weighted by molar-refractivity contribution is 8.00. The average molecular weight is 553 g/mol. The molecule has 1 amide bonds. The van der Waals surface area contributed by atoms with Crippen LogP contribution in [0.1, 0.15) is 77.2 Å². The number of rotatable bonds is 9. The minimum Gasteiger partial charge on any atom is -0.375 e. The number of piperidine rings is 1. The molecule has 2 heterocycles. The number of carbonyl (C=O) groups is 1. The third-order valence-corrected chi connectivity index (χ3v) is 9.79. The van der Waals surface area contributed by atoms with Crippen LogP contribution in [0.25, 0.3) is 0 Å². The topological polar surface area (TPSA) is 56.4 Å². The van der Waals surface area contributed by atoms with Crippen LogP contribution in [-0.4, -0.2) is 57.6 Å². The van der Waals surface area contributed by atoms with Gasteiger partial charge in [-0.2, -0.15) is 0 Å². The van der Waals surface area contributed by atoms with E-state index in [0.29, 0.717) is 6.04 Å². The van der Waals surface area contributed by atoms with E-state index in [-0.39, 0.29) is 35.1 Å². The van der Waals surface area contributed by atoms with Gasteiger partial charge in [-0.25, -0.2) is 0 Å². The number of hydrogen-bond acceptors (Lipinski definition) is 5. The summed E-state index contributed by atoms with van der Waals surface area (Å²) in [6.45, 7) is 7.47. The third-order valence-electron chi connectivity index (χ3n) is 8.09. The maximum absolute atomic E-state index is 13.3. The summed E-state index contributed by atoms with van der Waals surface area (Å²) in [5.74, 6) is 1.70. The number of nitrogens with one attached hydrogen (secondary N) is 3. The molecule has 0 aromatic heterocycles. The van der Waals surface area contributed by atoms with Crippen molar-refractivity contribution in [3.63, 3.8) is 0 Å². The molecule has 3 fully saturated rings. The lowest BCUT2D eigenvalue weighted by Gasteiger charge is -2.35. The Labute approximate surface area is 234 Å². The van der Waals surface area contributed by atoms with Gasteiger partial charge in [-0.3, -0.25) is 15.0 Å². The summed E-state index contributed by atoms with van der Waals surface area (Å²) in [4.78, 5) is 16.6. The van der Waals surface area contributed by atoms with Crippen molar-refractivity contribution in [2.45, 2.75) is 101 Å². The fraction of sp³-hybridized carbons (Fsp3) is 0.714. The molecule has 0 radical (unpaired) electrons. The van der Waals surface area contributed by atoms with E-state index in [1.807, 2.05) is 11.8 Å². The molecule has 36 heavy (non-hydrogen) atoms. The second kappa shape index (κ2) is 14.3. The van der Waals surface area contributed by atoms with E-state index in [1.54, 1.807) is 0 Å². The van der Waals surface area contributed by atoms with E-state index in [9.17, 15) is 4.79 Å². The molecular weight excluding hydrogens is 508 g/mol. The van der Waals surface area contributed by atoms with Gasteiger partial charge in [-0.1, -0.05) is 74.7 Å². The van der Waals surface area contributed by atoms with E-state index in [2.05, 4.69) is 65.0 Å². The Balaban J connectivity index is 0.00000361. The lowest BCUT2D eigenvalue weighted by molar-refractivity contribution is -0.123. The fourth-order valence-electron chi connectivity index (χ4n) is 5.83. The van der Waals surface area contributed by atoms with Crippen molar-refractivity contribution in [3.05, 3.63) is 35.9 Å². The second-order valence-electron chi connectivity index (χ2n) is 11.2. The lowest BCUT2D eigenvalue weighted by atomic mass is 9.85. The van der Waals surface area contributed by atoms with Crippen molar-refractivity contribution in [1.82, 2.24) is 20.9 Å². The van der Waals surface area contributed by atoms with E-state index in [0.717, 1.165) is 62.1 Å². The number of amides is 1. The number of halogens is 1. The van der Waals surface area contributed by atoms with Crippen molar-refractivity contribution in [2.24, 2.45) is 5.92 Å². The van der Waals surface area contributed by atoms with Crippen molar-refractivity contribution < 1.29 is 4.79 Å². The lowest BCUT2D eigenvalue weighted by Crippen LogP contribution is -2.56. The Morgan fingerprint density at radius 2 is 1.83 bits per heavy atom. The van der Waals surface area contributed by atoms with E-state index in [4.69, 9.17) is 12.2 Å². The smallest absolute Gasteiger partial charge is 0.239 e. The quantitative estimate of drug-likeness (QED) is 0.363. The van der Waals surface area contributed by atoms with Crippen molar-refractivity contribution in [2.75, 3.05) is 19.0 Å². The molecule has 1 saturated carbocycles. The predicted octanol–water partition coefficient (Wildman–Crippen LogP) is 5.28. The Hall–Kier alpha value is -0.860. The molecule has 4 rings (SSSR count). The van der Waals surface area contributed by atoms with Crippen molar-refractivity contribution in [1.29, 1.82) is 0 Å². The number of thioether (sulfide) groups is 1. The van der Waals surface area contributed by atoms with Gasteiger partial charge < -0.3 is 10.6 Å². The summed E-state index contributed by atoms with van der Waals surface area (Å²) in [7, 11) is 0. The number of thiocarbonyl (C=S) groups is 1. The van der Waals surface area contributed by atoms with E-state index >= 15 is 0 Å². The van der Waals surface area contributed by atoms with Crippen LogP contribution in [0.5, 0.6) is 0 Å². The Bertz CT molecular complexity index is 826. The van der Waals surface area contributed by atoms with Gasteiger partial charge in [0.1, 0.15) is 6.04 Å². The highest BCUT2D eigenvalue weighted by Crippen LogP contribution is 2.33. The normalized spacial score (nSPS) is 24.0. The molecule has 3 N–H and O–H groups in total. The standard InChI is InChI=1S/C28H44N4OS2.ClH/c1-28(2)25(29-20-35-28)26(33)31-24(14-13-21-9-5-3-6-10-21)27(34)30-23-15-17-32(18-16-23)19-22-11-7-4-8-12-22;/h4,7-8,11-12,21,23-25,29H,3,5-6,9-10,13-20H2,1-2H3,(H,30,34)(H,31,33);1H/t24-,25-;/m1./s1. The van der Waals surface area contributed by atoms with Gasteiger partial charge in [0, 0.05) is 36.3 Å². The average Bonchev–Trinajstić information content (AvgIpc) is 3.23. The Kier molecular flexibility index (Phi) is 11.8. The van der Waals surface area contributed by atoms with Crippen molar-refractivity contribution in [3.8, 4) is 0 Å². The van der Waals surface area contributed by atoms with E-state index < -0.39 is 0 Å². The van der Waals surface area contributed by atoms with Gasteiger partial charge in [-0.05, 0) is 51.0 Å². The molecule has 5 nitrogen and oxygen atoms in total. The number of carbonyl (C=O) groups excluding carboxylic acids is 1. The molecule has 2 saturated heterocycles. The first-order chi connectivity index (χ1) is 16.9. The molecule has 1 aromatic rings. The molecule has 0 bridgehead atoms. The number of benzene rings is 1. The maximum atomic E-state index is 13.3. The molecule has 0 spiro atoms. The molecular formula is C28H45ClN4OS2. The molecule has 2 aliphatic heterocycles. The van der Waals surface area contributed by atoms with Gasteiger partial charge in [0.15, 0.2) is 0 Å². The predicted molar refractivity (Wildman–Crippen MR) is 159 cm³/mol. The highest BCUT2D eigenvalue weighted by atomic mass is 35.5. The zero-order chi connectivity index (χ0) is 24.7. The third kappa shape index (κ3) is 8.59. The Morgan fingerprint density at radius 3 is 2.47 bits per heavy atom. The van der Waals surface area contributed by atoms with Gasteiger partial charge in [0.25, 0.3) is 0 Å². The molecule has 1 aliphatic carbocycles. The van der Waals surface area contributed by atoms with Crippen LogP contribution in [0, 0.1) is 5.92 Å². The van der Waals surface area contributed by atoms with E-state index in [1.165, 1.54) is 37.7 Å². The van der Waals surface area contributed by atoms with Crippen LogP contribution in [-0.2, 0) is 11.3 Å². The van der Waals surface area contributed by atoms with Gasteiger partial charge >= 0.3 is 0 Å². The van der Waals surface area contributed by atoms with Gasteiger partial charge in [-0.15, -0.1) is 24.2 Å². The fourth-order valence-corrected chi connectivity index (χ4v) is 7.15. The summed E-state index contributed by atoms with van der Waals surface area (Å²) >= 11 is 7.75. The van der Waals surface area contributed by atoms with Crippen LogP contribution in [0.3, 0.4) is 0 Å². The molecule has 0 unspecified atom stereocenters. The zero-order valence-electron chi connectivity index (χ0n) is 22.0. The van der Waals surface area contributed by atoms with Crippen LogP contribution < -0.4 is 16.0 Å². The number of nitrogens with zero attached hydrogens (tertiary/aromatic N) is 1. The van der Waals surface area contributed by atoms with Crippen molar-refractivity contribution >= 4 is 47.3 Å². The largest absolute Gasteiger partial charge is 0.375 e. The molecule has 1 aromatic carbocycles. The Morgan fingerprint density at radius 1 is 1.14 bits per heavy atom. The first kappa shape index (κ1) is 29.7. The van der Waals surface area contributed by atoms with Crippen LogP contribution in [0.4, 0.5) is 0 Å². The zero-order valence-corrected chi connectivity index (χ0v) is 24.4. The minimum atomic E-state index is -0.172. The molecule has 8 heteroatoms. The number of hydrogen-bond donors (Lipinski definition) is 3. The summed E-state index contributed by atoms with van der Waals surface area (Å²) in [6.07, 6.45) is 11.0. The summed E-state index contributed by atoms with van der Waals surface area (Å²) in [5, 5.41) is 10.4. The van der Waals surface area contributed by atoms with Crippen LogP contribution in [0.2, 0.25) is 0 Å². The maximum Gasteiger partial charge on any atom is 0.239 e. The first-order valence-corrected chi connectivity index (χ1v) is 15.0. The monoisotopic (exact) mass is 552 g/mol.